The fourth-order valence-electron chi connectivity index (χ4n) is 3.68. The van der Waals surface area contributed by atoms with Crippen molar-refractivity contribution in [3.8, 4) is 0 Å². The lowest BCUT2D eigenvalue weighted by Crippen LogP contribution is -2.41. The predicted molar refractivity (Wildman–Crippen MR) is 115 cm³/mol. The van der Waals surface area contributed by atoms with E-state index in [2.05, 4.69) is 25.5 Å². The summed E-state index contributed by atoms with van der Waals surface area (Å²) in [5.74, 6) is 0.174. The molecule has 8 heteroatoms. The highest BCUT2D eigenvalue weighted by molar-refractivity contribution is 9.10. The van der Waals surface area contributed by atoms with Crippen molar-refractivity contribution in [3.63, 3.8) is 0 Å². The summed E-state index contributed by atoms with van der Waals surface area (Å²) in [6, 6.07) is 3.53. The zero-order valence-corrected chi connectivity index (χ0v) is 19.0. The van der Waals surface area contributed by atoms with Gasteiger partial charge in [-0.3, -0.25) is 4.79 Å². The number of nitrogens with zero attached hydrogens (tertiary/aromatic N) is 3. The number of fused-ring (bicyclic) bond motifs is 1. The molecule has 0 N–H and O–H groups in total. The third-order valence-corrected chi connectivity index (χ3v) is 5.46. The molecule has 3 heterocycles. The highest BCUT2D eigenvalue weighted by atomic mass is 79.9. The third-order valence-electron chi connectivity index (χ3n) is 5.03. The van der Waals surface area contributed by atoms with Crippen LogP contribution in [0.25, 0.3) is 11.0 Å². The molecule has 0 saturated carbocycles. The van der Waals surface area contributed by atoms with Crippen molar-refractivity contribution in [2.24, 2.45) is 0 Å². The van der Waals surface area contributed by atoms with Gasteiger partial charge in [-0.05, 0) is 55.6 Å². The highest BCUT2D eigenvalue weighted by Gasteiger charge is 2.29. The van der Waals surface area contributed by atoms with Gasteiger partial charge in [0.2, 0.25) is 0 Å². The fraction of sp³-hybridized carbons (Fsp3) is 0.571. The van der Waals surface area contributed by atoms with Crippen LogP contribution >= 0.6 is 15.9 Å². The summed E-state index contributed by atoms with van der Waals surface area (Å²) in [4.78, 5) is 31.4. The molecule has 0 aliphatic carbocycles. The van der Waals surface area contributed by atoms with Crippen LogP contribution in [0.2, 0.25) is 0 Å². The number of hydrogen-bond acceptors (Lipinski definition) is 5. The van der Waals surface area contributed by atoms with Crippen molar-refractivity contribution in [2.45, 2.75) is 51.7 Å². The summed E-state index contributed by atoms with van der Waals surface area (Å²) in [5, 5.41) is 0.588. The average molecular weight is 466 g/mol. The van der Waals surface area contributed by atoms with Gasteiger partial charge in [0.15, 0.2) is 5.43 Å². The standard InChI is InChI=1S/C21H28BrN3O4/c1-21(2,3)29-20(27)24-7-5-14(6-8-24)17-12-18(26)16-11-15(22)13-23-19(16)25(17)9-10-28-4/h11-14H,5-10H2,1-4H3. The van der Waals surface area contributed by atoms with Gasteiger partial charge in [0.25, 0.3) is 0 Å². The molecule has 158 valence electrons. The largest absolute Gasteiger partial charge is 0.444 e. The molecule has 7 nitrogen and oxygen atoms in total. The molecule has 1 fully saturated rings. The number of piperidine rings is 1. The van der Waals surface area contributed by atoms with Crippen molar-refractivity contribution >= 4 is 33.1 Å². The zero-order chi connectivity index (χ0) is 21.2. The molecule has 0 aromatic carbocycles. The number of likely N-dealkylation sites (tertiary alicyclic amines) is 1. The van der Waals surface area contributed by atoms with Crippen molar-refractivity contribution in [2.75, 3.05) is 26.8 Å². The molecular formula is C21H28BrN3O4. The van der Waals surface area contributed by atoms with E-state index in [-0.39, 0.29) is 17.4 Å². The maximum Gasteiger partial charge on any atom is 0.410 e. The smallest absolute Gasteiger partial charge is 0.410 e. The highest BCUT2D eigenvalue weighted by Crippen LogP contribution is 2.30. The molecule has 1 amide bonds. The van der Waals surface area contributed by atoms with E-state index in [1.54, 1.807) is 24.3 Å². The van der Waals surface area contributed by atoms with Crippen LogP contribution < -0.4 is 5.43 Å². The number of carbonyl (C=O) groups is 1. The van der Waals surface area contributed by atoms with Crippen LogP contribution in [-0.2, 0) is 16.0 Å². The minimum absolute atomic E-state index is 0.0351. The van der Waals surface area contributed by atoms with Crippen LogP contribution in [0.5, 0.6) is 0 Å². The minimum atomic E-state index is -0.507. The Morgan fingerprint density at radius 1 is 1.28 bits per heavy atom. The van der Waals surface area contributed by atoms with E-state index in [0.717, 1.165) is 23.0 Å². The summed E-state index contributed by atoms with van der Waals surface area (Å²) in [6.07, 6.45) is 2.97. The summed E-state index contributed by atoms with van der Waals surface area (Å²) in [5.41, 5.74) is 1.08. The second-order valence-electron chi connectivity index (χ2n) is 8.34. The average Bonchev–Trinajstić information content (AvgIpc) is 2.66. The van der Waals surface area contributed by atoms with E-state index in [9.17, 15) is 9.59 Å². The van der Waals surface area contributed by atoms with Gasteiger partial charge < -0.3 is 18.9 Å². The summed E-state index contributed by atoms with van der Waals surface area (Å²) in [6.45, 7) is 7.95. The van der Waals surface area contributed by atoms with E-state index < -0.39 is 5.60 Å². The number of amides is 1. The Labute approximate surface area is 179 Å². The number of methoxy groups -OCH3 is 1. The lowest BCUT2D eigenvalue weighted by atomic mass is 9.92. The van der Waals surface area contributed by atoms with Crippen LogP contribution in [0.4, 0.5) is 4.79 Å². The Kier molecular flexibility index (Phi) is 6.63. The molecule has 29 heavy (non-hydrogen) atoms. The van der Waals surface area contributed by atoms with Gasteiger partial charge in [0.1, 0.15) is 11.2 Å². The molecule has 0 unspecified atom stereocenters. The first-order valence-electron chi connectivity index (χ1n) is 9.85. The number of carbonyl (C=O) groups excluding carboxylic acids is 1. The SMILES string of the molecule is COCCn1c(C2CCN(C(=O)OC(C)(C)C)CC2)cc(=O)c2cc(Br)cnc21. The molecule has 2 aromatic rings. The Bertz CT molecular complexity index is 943. The first kappa shape index (κ1) is 21.8. The predicted octanol–water partition coefficient (Wildman–Crippen LogP) is 3.92. The molecule has 0 bridgehead atoms. The lowest BCUT2D eigenvalue weighted by molar-refractivity contribution is 0.0203. The lowest BCUT2D eigenvalue weighted by Gasteiger charge is -2.34. The van der Waals surface area contributed by atoms with E-state index in [1.165, 1.54) is 0 Å². The number of halogens is 1. The Morgan fingerprint density at radius 2 is 1.97 bits per heavy atom. The van der Waals surface area contributed by atoms with Gasteiger partial charge in [0, 0.05) is 55.1 Å². The number of aromatic nitrogens is 2. The number of ether oxygens (including phenoxy) is 2. The summed E-state index contributed by atoms with van der Waals surface area (Å²) >= 11 is 3.40. The van der Waals surface area contributed by atoms with Gasteiger partial charge in [-0.2, -0.15) is 0 Å². The molecule has 0 spiro atoms. The molecule has 0 atom stereocenters. The molecule has 0 radical (unpaired) electrons. The quantitative estimate of drug-likeness (QED) is 0.683. The first-order valence-corrected chi connectivity index (χ1v) is 10.6. The normalized spacial score (nSPS) is 15.7. The number of pyridine rings is 2. The van der Waals surface area contributed by atoms with E-state index in [1.807, 2.05) is 26.8 Å². The molecule has 3 rings (SSSR count). The van der Waals surface area contributed by atoms with Crippen LogP contribution in [0.15, 0.2) is 27.6 Å². The van der Waals surface area contributed by atoms with Crippen LogP contribution in [0.1, 0.15) is 45.2 Å². The van der Waals surface area contributed by atoms with E-state index in [4.69, 9.17) is 9.47 Å². The van der Waals surface area contributed by atoms with Gasteiger partial charge in [-0.25, -0.2) is 9.78 Å². The van der Waals surface area contributed by atoms with Gasteiger partial charge in [0.05, 0.1) is 12.0 Å². The van der Waals surface area contributed by atoms with Crippen molar-refractivity contribution in [1.29, 1.82) is 0 Å². The van der Waals surface area contributed by atoms with E-state index >= 15 is 0 Å². The van der Waals surface area contributed by atoms with Crippen molar-refractivity contribution in [3.05, 3.63) is 38.7 Å². The van der Waals surface area contributed by atoms with Crippen LogP contribution in [-0.4, -0.2) is 53.0 Å². The third kappa shape index (κ3) is 5.17. The number of rotatable bonds is 4. The summed E-state index contributed by atoms with van der Waals surface area (Å²) in [7, 11) is 1.66. The van der Waals surface area contributed by atoms with Gasteiger partial charge in [-0.1, -0.05) is 0 Å². The maximum atomic E-state index is 12.8. The minimum Gasteiger partial charge on any atom is -0.444 e. The van der Waals surface area contributed by atoms with Crippen molar-refractivity contribution in [1.82, 2.24) is 14.5 Å². The Morgan fingerprint density at radius 3 is 2.59 bits per heavy atom. The Hall–Kier alpha value is -1.93. The molecule has 2 aromatic heterocycles. The summed E-state index contributed by atoms with van der Waals surface area (Å²) < 4.78 is 13.6. The first-order chi connectivity index (χ1) is 13.7. The van der Waals surface area contributed by atoms with Crippen LogP contribution in [0, 0.1) is 0 Å². The fourth-order valence-corrected chi connectivity index (χ4v) is 4.01. The number of hydrogen-bond donors (Lipinski definition) is 0. The van der Waals surface area contributed by atoms with Gasteiger partial charge >= 0.3 is 6.09 Å². The second-order valence-corrected chi connectivity index (χ2v) is 9.26. The molecule has 1 saturated heterocycles. The van der Waals surface area contributed by atoms with Crippen LogP contribution in [0.3, 0.4) is 0 Å². The van der Waals surface area contributed by atoms with Crippen molar-refractivity contribution < 1.29 is 14.3 Å². The van der Waals surface area contributed by atoms with E-state index in [0.29, 0.717) is 37.3 Å². The zero-order valence-electron chi connectivity index (χ0n) is 17.4. The van der Waals surface area contributed by atoms with Gasteiger partial charge in [-0.15, -0.1) is 0 Å². The maximum absolute atomic E-state index is 12.8. The molecular weight excluding hydrogens is 438 g/mol. The molecule has 1 aliphatic heterocycles. The second kappa shape index (κ2) is 8.83. The molecule has 1 aliphatic rings. The monoisotopic (exact) mass is 465 g/mol. The Balaban J connectivity index is 1.87. The topological polar surface area (TPSA) is 73.7 Å².